The molecular formula is C23H24N2O4. The summed E-state index contributed by atoms with van der Waals surface area (Å²) in [6, 6.07) is 12.9. The average molecular weight is 392 g/mol. The van der Waals surface area contributed by atoms with Crippen LogP contribution in [-0.4, -0.2) is 31.7 Å². The predicted octanol–water partition coefficient (Wildman–Crippen LogP) is 4.69. The molecule has 0 radical (unpaired) electrons. The molecule has 3 aromatic rings. The van der Waals surface area contributed by atoms with Gasteiger partial charge in [0.25, 0.3) is 0 Å². The Hall–Kier alpha value is -3.54. The fraction of sp³-hybridized carbons (Fsp3) is 0.217. The number of carbonyl (C=O) groups excluding carboxylic acids is 1. The maximum absolute atomic E-state index is 12.5. The van der Waals surface area contributed by atoms with Crippen molar-refractivity contribution in [2.24, 2.45) is 0 Å². The number of methoxy groups -OCH3 is 2. The largest absolute Gasteiger partial charge is 0.493 e. The summed E-state index contributed by atoms with van der Waals surface area (Å²) in [5.41, 5.74) is 2.23. The van der Waals surface area contributed by atoms with Gasteiger partial charge in [-0.3, -0.25) is 9.78 Å². The minimum atomic E-state index is -0.243. The van der Waals surface area contributed by atoms with Crippen LogP contribution in [0.25, 0.3) is 17.0 Å². The number of benzene rings is 2. The summed E-state index contributed by atoms with van der Waals surface area (Å²) in [6.07, 6.45) is 5.82. The van der Waals surface area contributed by atoms with Crippen LogP contribution in [0, 0.1) is 0 Å². The van der Waals surface area contributed by atoms with Crippen LogP contribution in [0.1, 0.15) is 18.9 Å². The van der Waals surface area contributed by atoms with E-state index in [1.807, 2.05) is 36.4 Å². The third-order valence-electron chi connectivity index (χ3n) is 4.29. The van der Waals surface area contributed by atoms with E-state index in [-0.39, 0.29) is 5.91 Å². The van der Waals surface area contributed by atoms with E-state index in [0.717, 1.165) is 22.9 Å². The molecule has 6 nitrogen and oxygen atoms in total. The Balaban J connectivity index is 1.79. The highest BCUT2D eigenvalue weighted by molar-refractivity contribution is 6.07. The molecule has 0 bridgehead atoms. The minimum absolute atomic E-state index is 0.243. The number of hydrogen-bond acceptors (Lipinski definition) is 5. The summed E-state index contributed by atoms with van der Waals surface area (Å²) in [7, 11) is 3.16. The number of amides is 1. The smallest absolute Gasteiger partial charge is 0.248 e. The molecule has 0 aliphatic rings. The molecular weight excluding hydrogens is 368 g/mol. The van der Waals surface area contributed by atoms with Gasteiger partial charge in [0.05, 0.1) is 26.5 Å². The molecule has 3 rings (SSSR count). The molecule has 0 aliphatic heterocycles. The van der Waals surface area contributed by atoms with Crippen molar-refractivity contribution in [1.29, 1.82) is 0 Å². The zero-order valence-corrected chi connectivity index (χ0v) is 16.8. The number of nitrogens with zero attached hydrogens (tertiary/aromatic N) is 1. The van der Waals surface area contributed by atoms with Crippen LogP contribution in [0.15, 0.2) is 54.7 Å². The topological polar surface area (TPSA) is 69.7 Å². The molecule has 0 saturated heterocycles. The normalized spacial score (nSPS) is 10.9. The summed E-state index contributed by atoms with van der Waals surface area (Å²) in [5, 5.41) is 3.74. The second-order valence-corrected chi connectivity index (χ2v) is 6.30. The van der Waals surface area contributed by atoms with Crippen molar-refractivity contribution in [2.45, 2.75) is 13.3 Å². The van der Waals surface area contributed by atoms with E-state index in [9.17, 15) is 4.79 Å². The monoisotopic (exact) mass is 392 g/mol. The average Bonchev–Trinajstić information content (AvgIpc) is 2.77. The van der Waals surface area contributed by atoms with Crippen molar-refractivity contribution >= 4 is 28.6 Å². The van der Waals surface area contributed by atoms with E-state index in [0.29, 0.717) is 29.5 Å². The summed E-state index contributed by atoms with van der Waals surface area (Å²) >= 11 is 0. The summed E-state index contributed by atoms with van der Waals surface area (Å²) in [5.74, 6) is 1.71. The first-order valence-electron chi connectivity index (χ1n) is 9.38. The van der Waals surface area contributed by atoms with Gasteiger partial charge >= 0.3 is 0 Å². The molecule has 0 fully saturated rings. The lowest BCUT2D eigenvalue weighted by molar-refractivity contribution is -0.111. The zero-order valence-electron chi connectivity index (χ0n) is 16.8. The molecule has 1 amide bonds. The van der Waals surface area contributed by atoms with Crippen LogP contribution in [0.3, 0.4) is 0 Å². The first kappa shape index (κ1) is 20.2. The van der Waals surface area contributed by atoms with Crippen LogP contribution >= 0.6 is 0 Å². The molecule has 0 atom stereocenters. The van der Waals surface area contributed by atoms with Gasteiger partial charge in [0.15, 0.2) is 11.5 Å². The summed E-state index contributed by atoms with van der Waals surface area (Å²) in [6.45, 7) is 2.67. The van der Waals surface area contributed by atoms with Crippen molar-refractivity contribution in [1.82, 2.24) is 4.98 Å². The minimum Gasteiger partial charge on any atom is -0.493 e. The van der Waals surface area contributed by atoms with Crippen molar-refractivity contribution in [2.75, 3.05) is 26.1 Å². The molecule has 0 saturated carbocycles. The van der Waals surface area contributed by atoms with Crippen LogP contribution < -0.4 is 19.5 Å². The third-order valence-corrected chi connectivity index (χ3v) is 4.29. The first-order chi connectivity index (χ1) is 14.2. The third kappa shape index (κ3) is 4.85. The zero-order chi connectivity index (χ0) is 20.6. The Morgan fingerprint density at radius 3 is 2.62 bits per heavy atom. The van der Waals surface area contributed by atoms with Gasteiger partial charge in [-0.05, 0) is 54.5 Å². The number of carbonyl (C=O) groups is 1. The summed E-state index contributed by atoms with van der Waals surface area (Å²) < 4.78 is 16.3. The molecule has 1 aromatic heterocycles. The molecule has 0 aliphatic carbocycles. The number of rotatable bonds is 8. The molecule has 2 aromatic carbocycles. The number of aromatic nitrogens is 1. The number of ether oxygens (including phenoxy) is 3. The fourth-order valence-electron chi connectivity index (χ4n) is 2.89. The van der Waals surface area contributed by atoms with Gasteiger partial charge in [-0.15, -0.1) is 0 Å². The van der Waals surface area contributed by atoms with Crippen LogP contribution in [-0.2, 0) is 4.79 Å². The Bertz CT molecular complexity index is 1030. The molecule has 150 valence electrons. The lowest BCUT2D eigenvalue weighted by atomic mass is 10.1. The van der Waals surface area contributed by atoms with Crippen LogP contribution in [0.5, 0.6) is 17.2 Å². The van der Waals surface area contributed by atoms with Gasteiger partial charge in [0, 0.05) is 17.7 Å². The highest BCUT2D eigenvalue weighted by Crippen LogP contribution is 2.30. The highest BCUT2D eigenvalue weighted by atomic mass is 16.5. The van der Waals surface area contributed by atoms with E-state index < -0.39 is 0 Å². The molecule has 6 heteroatoms. The van der Waals surface area contributed by atoms with Gasteiger partial charge in [0.2, 0.25) is 5.91 Å². The Morgan fingerprint density at radius 1 is 1.07 bits per heavy atom. The van der Waals surface area contributed by atoms with Crippen molar-refractivity contribution in [3.05, 3.63) is 60.3 Å². The SMILES string of the molecule is CCCOc1ccc(NC(=O)/C=C/c2ccc(OC)c(OC)c2)c2cccnc12. The number of anilines is 1. The molecule has 1 N–H and O–H groups in total. The van der Waals surface area contributed by atoms with Gasteiger partial charge in [-0.1, -0.05) is 13.0 Å². The lowest BCUT2D eigenvalue weighted by Crippen LogP contribution is -2.08. The van der Waals surface area contributed by atoms with Gasteiger partial charge < -0.3 is 19.5 Å². The fourth-order valence-corrected chi connectivity index (χ4v) is 2.89. The van der Waals surface area contributed by atoms with Crippen molar-refractivity contribution in [3.63, 3.8) is 0 Å². The van der Waals surface area contributed by atoms with E-state index in [2.05, 4.69) is 17.2 Å². The maximum atomic E-state index is 12.5. The maximum Gasteiger partial charge on any atom is 0.248 e. The predicted molar refractivity (Wildman–Crippen MR) is 115 cm³/mol. The van der Waals surface area contributed by atoms with Crippen molar-refractivity contribution in [3.8, 4) is 17.2 Å². The molecule has 0 spiro atoms. The Morgan fingerprint density at radius 2 is 1.86 bits per heavy atom. The Labute approximate surface area is 170 Å². The number of nitrogens with one attached hydrogen (secondary N) is 1. The molecule has 1 heterocycles. The van der Waals surface area contributed by atoms with Gasteiger partial charge in [-0.25, -0.2) is 0 Å². The first-order valence-corrected chi connectivity index (χ1v) is 9.38. The highest BCUT2D eigenvalue weighted by Gasteiger charge is 2.10. The lowest BCUT2D eigenvalue weighted by Gasteiger charge is -2.11. The van der Waals surface area contributed by atoms with E-state index in [4.69, 9.17) is 14.2 Å². The van der Waals surface area contributed by atoms with Gasteiger partial charge in [0.1, 0.15) is 11.3 Å². The van der Waals surface area contributed by atoms with E-state index >= 15 is 0 Å². The van der Waals surface area contributed by atoms with Gasteiger partial charge in [-0.2, -0.15) is 0 Å². The molecule has 29 heavy (non-hydrogen) atoms. The van der Waals surface area contributed by atoms with E-state index in [1.54, 1.807) is 32.6 Å². The molecule has 0 unspecified atom stereocenters. The standard InChI is InChI=1S/C23H24N2O4/c1-4-14-29-20-11-9-18(17-6-5-13-24-23(17)20)25-22(26)12-8-16-7-10-19(27-2)21(15-16)28-3/h5-13,15H,4,14H2,1-3H3,(H,25,26)/b12-8+. The summed E-state index contributed by atoms with van der Waals surface area (Å²) in [4.78, 5) is 16.9. The Kier molecular flexibility index (Phi) is 6.68. The quantitative estimate of drug-likeness (QED) is 0.563. The second-order valence-electron chi connectivity index (χ2n) is 6.30. The second kappa shape index (κ2) is 9.59. The van der Waals surface area contributed by atoms with Crippen LogP contribution in [0.2, 0.25) is 0 Å². The number of hydrogen-bond donors (Lipinski definition) is 1. The van der Waals surface area contributed by atoms with E-state index in [1.165, 1.54) is 6.08 Å². The van der Waals surface area contributed by atoms with Crippen LogP contribution in [0.4, 0.5) is 5.69 Å². The number of pyridine rings is 1. The van der Waals surface area contributed by atoms with Crippen molar-refractivity contribution < 1.29 is 19.0 Å². The number of fused-ring (bicyclic) bond motifs is 1.